The Hall–Kier alpha value is -1.79. The van der Waals surface area contributed by atoms with Crippen LogP contribution in [0, 0.1) is 0 Å². The van der Waals surface area contributed by atoms with Crippen LogP contribution < -0.4 is 4.90 Å². The summed E-state index contributed by atoms with van der Waals surface area (Å²) in [5.74, 6) is -0.996. The average molecular weight is 393 g/mol. The third-order valence-corrected chi connectivity index (χ3v) is 6.70. The molecule has 2 atom stereocenters. The smallest absolute Gasteiger partial charge is 0.324 e. The predicted molar refractivity (Wildman–Crippen MR) is 102 cm³/mol. The van der Waals surface area contributed by atoms with Crippen LogP contribution in [0.25, 0.3) is 0 Å². The molecule has 2 heterocycles. The number of anilines is 1. The Morgan fingerprint density at radius 3 is 2.70 bits per heavy atom. The van der Waals surface area contributed by atoms with E-state index in [1.165, 1.54) is 4.90 Å². The van der Waals surface area contributed by atoms with Gasteiger partial charge in [-0.05, 0) is 38.0 Å². The van der Waals surface area contributed by atoms with E-state index in [2.05, 4.69) is 0 Å². The summed E-state index contributed by atoms with van der Waals surface area (Å²) in [6.45, 7) is 2.01. The highest BCUT2D eigenvalue weighted by molar-refractivity contribution is 6.31. The van der Waals surface area contributed by atoms with Crippen molar-refractivity contribution < 1.29 is 19.4 Å². The van der Waals surface area contributed by atoms with Crippen molar-refractivity contribution in [3.8, 4) is 0 Å². The summed E-state index contributed by atoms with van der Waals surface area (Å²) in [6, 6.07) is 5.17. The van der Waals surface area contributed by atoms with Crippen LogP contribution in [0.1, 0.15) is 44.6 Å². The third-order valence-electron chi connectivity index (χ3n) is 6.47. The maximum atomic E-state index is 13.5. The molecule has 4 rings (SSSR count). The van der Waals surface area contributed by atoms with Crippen LogP contribution in [0.2, 0.25) is 5.02 Å². The minimum Gasteiger partial charge on any atom is -0.465 e. The zero-order chi connectivity index (χ0) is 19.4. The molecule has 27 heavy (non-hydrogen) atoms. The number of aliphatic hydroxyl groups is 1. The molecule has 7 heteroatoms. The van der Waals surface area contributed by atoms with E-state index < -0.39 is 23.0 Å². The Labute approximate surface area is 164 Å². The molecule has 1 saturated heterocycles. The van der Waals surface area contributed by atoms with Gasteiger partial charge in [0.2, 0.25) is 5.72 Å². The summed E-state index contributed by atoms with van der Waals surface area (Å²) in [6.07, 6.45) is 5.05. The molecule has 1 amide bonds. The number of fused-ring (bicyclic) bond motifs is 3. The van der Waals surface area contributed by atoms with Crippen molar-refractivity contribution in [1.82, 2.24) is 4.90 Å². The second kappa shape index (κ2) is 6.38. The first-order valence-corrected chi connectivity index (χ1v) is 10.00. The van der Waals surface area contributed by atoms with Crippen molar-refractivity contribution in [2.45, 2.75) is 56.2 Å². The van der Waals surface area contributed by atoms with E-state index in [1.807, 2.05) is 0 Å². The van der Waals surface area contributed by atoms with Gasteiger partial charge in [0.15, 0.2) is 5.41 Å². The van der Waals surface area contributed by atoms with Crippen LogP contribution in [-0.2, 0) is 19.7 Å². The number of ether oxygens (including phenoxy) is 1. The van der Waals surface area contributed by atoms with Gasteiger partial charge in [0.1, 0.15) is 0 Å². The number of carbonyl (C=O) groups is 2. The molecular weight excluding hydrogens is 368 g/mol. The Morgan fingerprint density at radius 2 is 2.04 bits per heavy atom. The number of carbonyl (C=O) groups excluding carboxylic acids is 2. The minimum atomic E-state index is -2.00. The molecule has 1 saturated carbocycles. The van der Waals surface area contributed by atoms with Gasteiger partial charge in [-0.3, -0.25) is 9.59 Å². The number of amides is 1. The van der Waals surface area contributed by atoms with E-state index in [9.17, 15) is 14.7 Å². The van der Waals surface area contributed by atoms with E-state index in [0.29, 0.717) is 16.3 Å². The first-order chi connectivity index (χ1) is 12.9. The zero-order valence-corrected chi connectivity index (χ0v) is 16.5. The second-order valence-corrected chi connectivity index (χ2v) is 8.18. The summed E-state index contributed by atoms with van der Waals surface area (Å²) in [5, 5.41) is 12.2. The Balaban J connectivity index is 1.88. The highest BCUT2D eigenvalue weighted by atomic mass is 35.5. The topological polar surface area (TPSA) is 70.1 Å². The lowest BCUT2D eigenvalue weighted by molar-refractivity contribution is -0.163. The lowest BCUT2D eigenvalue weighted by atomic mass is 9.76. The quantitative estimate of drug-likeness (QED) is 0.800. The first-order valence-electron chi connectivity index (χ1n) is 9.62. The van der Waals surface area contributed by atoms with Gasteiger partial charge in [-0.15, -0.1) is 0 Å². The summed E-state index contributed by atoms with van der Waals surface area (Å²) >= 11 is 6.22. The molecule has 1 N–H and O–H groups in total. The maximum absolute atomic E-state index is 13.5. The van der Waals surface area contributed by atoms with Crippen LogP contribution in [0.3, 0.4) is 0 Å². The SMILES string of the molecule is CCOC(=O)C12CN(C3CCCCC3)C(=O)C1(O)N(C)c1ccc(Cl)cc12. The predicted octanol–water partition coefficient (Wildman–Crippen LogP) is 2.45. The molecule has 2 fully saturated rings. The molecule has 146 valence electrons. The fourth-order valence-corrected chi connectivity index (χ4v) is 5.27. The molecule has 1 aromatic carbocycles. The van der Waals surface area contributed by atoms with Gasteiger partial charge < -0.3 is 19.6 Å². The van der Waals surface area contributed by atoms with Crippen molar-refractivity contribution in [2.75, 3.05) is 25.1 Å². The molecule has 6 nitrogen and oxygen atoms in total. The molecule has 1 aromatic rings. The van der Waals surface area contributed by atoms with Crippen LogP contribution in [-0.4, -0.2) is 53.8 Å². The van der Waals surface area contributed by atoms with E-state index in [0.717, 1.165) is 32.1 Å². The number of esters is 1. The van der Waals surface area contributed by atoms with E-state index in [-0.39, 0.29) is 19.2 Å². The van der Waals surface area contributed by atoms with Crippen LogP contribution in [0.5, 0.6) is 0 Å². The fraction of sp³-hybridized carbons (Fsp3) is 0.600. The van der Waals surface area contributed by atoms with E-state index in [1.54, 1.807) is 37.1 Å². The molecule has 2 unspecified atom stereocenters. The van der Waals surface area contributed by atoms with Gasteiger partial charge in [-0.1, -0.05) is 30.9 Å². The molecular formula is C20H25ClN2O4. The first kappa shape index (κ1) is 18.6. The number of benzene rings is 1. The van der Waals surface area contributed by atoms with Crippen molar-refractivity contribution >= 4 is 29.2 Å². The highest BCUT2D eigenvalue weighted by Gasteiger charge is 2.76. The monoisotopic (exact) mass is 392 g/mol. The summed E-state index contributed by atoms with van der Waals surface area (Å²) in [5.41, 5.74) is -2.30. The van der Waals surface area contributed by atoms with Crippen LogP contribution >= 0.6 is 11.6 Å². The van der Waals surface area contributed by atoms with Gasteiger partial charge in [0.05, 0.1) is 6.61 Å². The van der Waals surface area contributed by atoms with Crippen LogP contribution in [0.4, 0.5) is 5.69 Å². The van der Waals surface area contributed by atoms with E-state index >= 15 is 0 Å². The van der Waals surface area contributed by atoms with Crippen molar-refractivity contribution in [3.63, 3.8) is 0 Å². The normalized spacial score (nSPS) is 30.4. The van der Waals surface area contributed by atoms with Gasteiger partial charge in [-0.2, -0.15) is 0 Å². The number of halogens is 1. The van der Waals surface area contributed by atoms with Gasteiger partial charge in [0.25, 0.3) is 5.91 Å². The van der Waals surface area contributed by atoms with E-state index in [4.69, 9.17) is 16.3 Å². The Kier molecular flexibility index (Phi) is 4.39. The molecule has 2 aliphatic heterocycles. The zero-order valence-electron chi connectivity index (χ0n) is 15.7. The summed E-state index contributed by atoms with van der Waals surface area (Å²) < 4.78 is 5.38. The molecule has 0 radical (unpaired) electrons. The molecule has 0 bridgehead atoms. The highest BCUT2D eigenvalue weighted by Crippen LogP contribution is 2.56. The molecule has 3 aliphatic rings. The number of rotatable bonds is 3. The second-order valence-electron chi connectivity index (χ2n) is 7.74. The number of likely N-dealkylation sites (N-methyl/N-ethyl adjacent to an activating group) is 1. The van der Waals surface area contributed by atoms with Crippen molar-refractivity contribution in [3.05, 3.63) is 28.8 Å². The summed E-state index contributed by atoms with van der Waals surface area (Å²) in [4.78, 5) is 29.9. The minimum absolute atomic E-state index is 0.0446. The maximum Gasteiger partial charge on any atom is 0.324 e. The largest absolute Gasteiger partial charge is 0.465 e. The number of nitrogens with zero attached hydrogens (tertiary/aromatic N) is 2. The standard InChI is InChI=1S/C20H25ClN2O4/c1-3-27-18(25)19-12-23(14-7-5-4-6-8-14)17(24)20(19,26)22(2)16-10-9-13(21)11-15(16)19/h9-11,14,26H,3-8,12H2,1-2H3. The number of likely N-dealkylation sites (tertiary alicyclic amines) is 1. The summed E-state index contributed by atoms with van der Waals surface area (Å²) in [7, 11) is 1.65. The van der Waals surface area contributed by atoms with Gasteiger partial charge in [-0.25, -0.2) is 0 Å². The average Bonchev–Trinajstić information content (AvgIpc) is 3.02. The number of hydrogen-bond acceptors (Lipinski definition) is 5. The fourth-order valence-electron chi connectivity index (χ4n) is 5.10. The lowest BCUT2D eigenvalue weighted by Gasteiger charge is -2.35. The third kappa shape index (κ3) is 2.29. The van der Waals surface area contributed by atoms with Crippen LogP contribution in [0.15, 0.2) is 18.2 Å². The van der Waals surface area contributed by atoms with Gasteiger partial charge >= 0.3 is 5.97 Å². The molecule has 0 spiro atoms. The van der Waals surface area contributed by atoms with Crippen molar-refractivity contribution in [2.24, 2.45) is 0 Å². The van der Waals surface area contributed by atoms with Crippen molar-refractivity contribution in [1.29, 1.82) is 0 Å². The van der Waals surface area contributed by atoms with Gasteiger partial charge in [0, 0.05) is 35.9 Å². The molecule has 0 aromatic heterocycles. The Bertz CT molecular complexity index is 794. The lowest BCUT2D eigenvalue weighted by Crippen LogP contribution is -2.62. The number of hydrogen-bond donors (Lipinski definition) is 1. The molecule has 1 aliphatic carbocycles. The Morgan fingerprint density at radius 1 is 1.33 bits per heavy atom.